The molecule has 0 spiro atoms. The predicted octanol–water partition coefficient (Wildman–Crippen LogP) is 23.2. The standard InChI is InChI=1S/C78H130NO8P/c1-6-8-10-12-14-16-18-20-22-24-26-28-30-31-32-33-34-35-36-37-38-39-40-41-42-43-44-45-46-47-49-51-53-55-57-59-61-63-65-67-69-71-78(81)87-76(75-86-88(82,83)85-73-72-79(3,4)5)74-84-77(80)70-68-66-64-62-60-58-56-54-52-50-48-29-27-25-23-21-19-17-15-13-11-9-7-2/h8-11,14-17,20-23,26-29,31-32,34-35,37-38,40-41,50,52,76H,6-7,12-13,18-19,24-25,30,33,36,39,42-49,51,53-75H2,1-5H3/p+1/b10-8-,11-9-,16-14-,17-15-,22-20-,23-21-,28-26-,29-27-,32-31-,35-34-,38-37-,41-40-,52-50-. The third-order valence-corrected chi connectivity index (χ3v) is 15.5. The molecule has 0 aromatic rings. The summed E-state index contributed by atoms with van der Waals surface area (Å²) in [6.07, 6.45) is 101. The van der Waals surface area contributed by atoms with Crippen molar-refractivity contribution in [1.29, 1.82) is 0 Å². The molecule has 0 aromatic heterocycles. The Labute approximate surface area is 541 Å². The van der Waals surface area contributed by atoms with Crippen molar-refractivity contribution >= 4 is 19.8 Å². The van der Waals surface area contributed by atoms with Gasteiger partial charge in [0.15, 0.2) is 6.10 Å². The second kappa shape index (κ2) is 67.0. The summed E-state index contributed by atoms with van der Waals surface area (Å²) in [6.45, 7) is 4.19. The number of phosphoric acid groups is 1. The Bertz CT molecular complexity index is 2040. The SMILES string of the molecule is CC/C=C\C/C=C\C/C=C\C/C=C\C/C=C\C/C=C\C/C=C\C/C=C\CCCCCCCCCCCCCCCCCCC(=O)OC(COC(=O)CCCCCCCCC/C=C\C/C=C\C/C=C\C/C=C\C/C=C\CC)COP(=O)(O)OCC[N+](C)(C)C. The van der Waals surface area contributed by atoms with Gasteiger partial charge in [-0.3, -0.25) is 18.6 Å². The molecule has 0 aliphatic carbocycles. The number of phosphoric ester groups is 1. The molecule has 0 bridgehead atoms. The minimum absolute atomic E-state index is 0.0232. The Morgan fingerprint density at radius 3 is 0.909 bits per heavy atom. The smallest absolute Gasteiger partial charge is 0.462 e. The summed E-state index contributed by atoms with van der Waals surface area (Å²) in [5.41, 5.74) is 0. The molecule has 0 aliphatic heterocycles. The van der Waals surface area contributed by atoms with Gasteiger partial charge in [-0.2, -0.15) is 0 Å². The first-order valence-corrected chi connectivity index (χ1v) is 36.7. The van der Waals surface area contributed by atoms with Crippen LogP contribution < -0.4 is 0 Å². The number of carbonyl (C=O) groups is 2. The second-order valence-electron chi connectivity index (χ2n) is 24.2. The van der Waals surface area contributed by atoms with Crippen LogP contribution in [0.15, 0.2) is 158 Å². The molecule has 1 N–H and O–H groups in total. The van der Waals surface area contributed by atoms with E-state index in [9.17, 15) is 19.0 Å². The second-order valence-corrected chi connectivity index (χ2v) is 25.6. The Hall–Kier alpha value is -4.37. The molecule has 9 nitrogen and oxygen atoms in total. The zero-order valence-electron chi connectivity index (χ0n) is 56.9. The average molecular weight is 1240 g/mol. The predicted molar refractivity (Wildman–Crippen MR) is 380 cm³/mol. The molecule has 10 heteroatoms. The van der Waals surface area contributed by atoms with Crippen molar-refractivity contribution in [3.05, 3.63) is 158 Å². The van der Waals surface area contributed by atoms with Gasteiger partial charge in [0.25, 0.3) is 0 Å². The maximum atomic E-state index is 12.9. The number of rotatable bonds is 63. The van der Waals surface area contributed by atoms with E-state index in [1.165, 1.54) is 103 Å². The summed E-state index contributed by atoms with van der Waals surface area (Å²) in [5.74, 6) is -0.813. The number of ether oxygens (including phenoxy) is 2. The van der Waals surface area contributed by atoms with Crippen molar-refractivity contribution in [3.8, 4) is 0 Å². The maximum absolute atomic E-state index is 12.9. The van der Waals surface area contributed by atoms with Crippen LogP contribution in [0.25, 0.3) is 0 Å². The van der Waals surface area contributed by atoms with Gasteiger partial charge >= 0.3 is 19.8 Å². The van der Waals surface area contributed by atoms with Gasteiger partial charge in [-0.05, 0) is 122 Å². The number of carbonyl (C=O) groups excluding carboxylic acids is 2. The van der Waals surface area contributed by atoms with Gasteiger partial charge in [-0.25, -0.2) is 4.57 Å². The van der Waals surface area contributed by atoms with Crippen LogP contribution in [-0.4, -0.2) is 74.9 Å². The highest BCUT2D eigenvalue weighted by Gasteiger charge is 2.27. The van der Waals surface area contributed by atoms with E-state index in [4.69, 9.17) is 18.5 Å². The summed E-state index contributed by atoms with van der Waals surface area (Å²) < 4.78 is 34.7. The van der Waals surface area contributed by atoms with Gasteiger partial charge in [0.05, 0.1) is 27.7 Å². The molecule has 0 heterocycles. The molecule has 0 rings (SSSR count). The third-order valence-electron chi connectivity index (χ3n) is 14.6. The van der Waals surface area contributed by atoms with E-state index in [1.807, 2.05) is 21.1 Å². The van der Waals surface area contributed by atoms with Crippen molar-refractivity contribution in [2.75, 3.05) is 47.5 Å². The normalized spacial score (nSPS) is 14.1. The Kier molecular flexibility index (Phi) is 63.7. The summed E-state index contributed by atoms with van der Waals surface area (Å²) in [5, 5.41) is 0. The highest BCUT2D eigenvalue weighted by Crippen LogP contribution is 2.43. The van der Waals surface area contributed by atoms with Crippen LogP contribution in [0.1, 0.15) is 271 Å². The van der Waals surface area contributed by atoms with E-state index >= 15 is 0 Å². The van der Waals surface area contributed by atoms with Crippen molar-refractivity contribution < 1.29 is 42.1 Å². The number of hydrogen-bond acceptors (Lipinski definition) is 7. The van der Waals surface area contributed by atoms with E-state index in [-0.39, 0.29) is 32.0 Å². The molecule has 0 saturated heterocycles. The van der Waals surface area contributed by atoms with E-state index in [0.29, 0.717) is 17.4 Å². The number of hydrogen-bond donors (Lipinski definition) is 1. The van der Waals surface area contributed by atoms with Crippen LogP contribution in [0, 0.1) is 0 Å². The summed E-state index contributed by atoms with van der Waals surface area (Å²) in [6, 6.07) is 0. The molecule has 0 radical (unpaired) electrons. The minimum atomic E-state index is -4.40. The molecule has 0 aliphatic rings. The van der Waals surface area contributed by atoms with Gasteiger partial charge in [-0.15, -0.1) is 0 Å². The Morgan fingerprint density at radius 2 is 0.614 bits per heavy atom. The van der Waals surface area contributed by atoms with Crippen LogP contribution in [0.3, 0.4) is 0 Å². The molecule has 2 atom stereocenters. The lowest BCUT2D eigenvalue weighted by molar-refractivity contribution is -0.870. The fourth-order valence-corrected chi connectivity index (χ4v) is 9.98. The van der Waals surface area contributed by atoms with Gasteiger partial charge < -0.3 is 18.9 Å². The number of allylic oxidation sites excluding steroid dienone is 26. The molecule has 0 aromatic carbocycles. The molecular weight excluding hydrogens is 1110 g/mol. The van der Waals surface area contributed by atoms with E-state index in [1.54, 1.807) is 0 Å². The molecule has 0 fully saturated rings. The van der Waals surface area contributed by atoms with Crippen molar-refractivity contribution in [1.82, 2.24) is 0 Å². The van der Waals surface area contributed by atoms with Gasteiger partial charge in [0, 0.05) is 12.8 Å². The van der Waals surface area contributed by atoms with Crippen molar-refractivity contribution in [2.24, 2.45) is 0 Å². The van der Waals surface area contributed by atoms with Crippen LogP contribution in [0.4, 0.5) is 0 Å². The monoisotopic (exact) mass is 1240 g/mol. The van der Waals surface area contributed by atoms with E-state index in [2.05, 4.69) is 172 Å². The first-order valence-electron chi connectivity index (χ1n) is 35.2. The van der Waals surface area contributed by atoms with Crippen LogP contribution in [0.5, 0.6) is 0 Å². The summed E-state index contributed by atoms with van der Waals surface area (Å²) >= 11 is 0. The van der Waals surface area contributed by atoms with Gasteiger partial charge in [0.2, 0.25) is 0 Å². The molecule has 500 valence electrons. The number of esters is 2. The Morgan fingerprint density at radius 1 is 0.352 bits per heavy atom. The number of quaternary nitrogens is 1. The quantitative estimate of drug-likeness (QED) is 0.0211. The van der Waals surface area contributed by atoms with Crippen molar-refractivity contribution in [2.45, 2.75) is 277 Å². The highest BCUT2D eigenvalue weighted by atomic mass is 31.2. The molecular formula is C78H131NO8P+. The number of likely N-dealkylation sites (N-methyl/N-ethyl adjacent to an activating group) is 1. The summed E-state index contributed by atoms with van der Waals surface area (Å²) in [7, 11) is 1.46. The van der Waals surface area contributed by atoms with E-state index in [0.717, 1.165) is 135 Å². The van der Waals surface area contributed by atoms with Crippen LogP contribution >= 0.6 is 7.82 Å². The zero-order chi connectivity index (χ0) is 64.1. The lowest BCUT2D eigenvalue weighted by Gasteiger charge is -2.24. The Balaban J connectivity index is 4.05. The fourth-order valence-electron chi connectivity index (χ4n) is 9.24. The van der Waals surface area contributed by atoms with Gasteiger partial charge in [-0.1, -0.05) is 294 Å². The summed E-state index contributed by atoms with van der Waals surface area (Å²) in [4.78, 5) is 35.9. The third kappa shape index (κ3) is 70.7. The maximum Gasteiger partial charge on any atom is 0.472 e. The fraction of sp³-hybridized carbons (Fsp3) is 0.641. The highest BCUT2D eigenvalue weighted by molar-refractivity contribution is 7.47. The topological polar surface area (TPSA) is 108 Å². The van der Waals surface area contributed by atoms with Crippen LogP contribution in [-0.2, 0) is 32.7 Å². The van der Waals surface area contributed by atoms with Gasteiger partial charge in [0.1, 0.15) is 19.8 Å². The lowest BCUT2D eigenvalue weighted by atomic mass is 10.0. The first-order chi connectivity index (χ1) is 43.0. The lowest BCUT2D eigenvalue weighted by Crippen LogP contribution is -2.37. The molecule has 2 unspecified atom stereocenters. The first kappa shape index (κ1) is 83.6. The zero-order valence-corrected chi connectivity index (χ0v) is 57.8. The number of unbranched alkanes of at least 4 members (excludes halogenated alkanes) is 23. The van der Waals surface area contributed by atoms with Crippen molar-refractivity contribution in [3.63, 3.8) is 0 Å². The largest absolute Gasteiger partial charge is 0.472 e. The molecule has 0 saturated carbocycles. The van der Waals surface area contributed by atoms with E-state index < -0.39 is 26.5 Å². The molecule has 88 heavy (non-hydrogen) atoms. The minimum Gasteiger partial charge on any atom is -0.462 e. The number of nitrogens with zero attached hydrogens (tertiary/aromatic N) is 1. The van der Waals surface area contributed by atoms with Crippen LogP contribution in [0.2, 0.25) is 0 Å². The molecule has 0 amide bonds. The average Bonchev–Trinajstić information content (AvgIpc) is 3.58.